The molecule has 5 heterocycles. The lowest BCUT2D eigenvalue weighted by molar-refractivity contribution is -0.328. The molecule has 0 spiro atoms. The van der Waals surface area contributed by atoms with Crippen LogP contribution < -0.4 is 20.7 Å². The summed E-state index contributed by atoms with van der Waals surface area (Å²) in [5.41, 5.74) is 2.90. The van der Waals surface area contributed by atoms with Gasteiger partial charge in [-0.2, -0.15) is 0 Å². The highest BCUT2D eigenvalue weighted by molar-refractivity contribution is 8.00. The number of benzene rings is 1. The van der Waals surface area contributed by atoms with E-state index in [2.05, 4.69) is 5.32 Å². The smallest absolute Gasteiger partial charge is 0.409 e. The molecule has 3 saturated heterocycles. The number of likely N-dealkylation sites (tertiary alicyclic amines) is 1. The Morgan fingerprint density at radius 2 is 1.82 bits per heavy atom. The van der Waals surface area contributed by atoms with Crippen molar-refractivity contribution in [3.63, 3.8) is 0 Å². The number of allylic oxidation sites excluding steroid dienone is 3. The van der Waals surface area contributed by atoms with E-state index in [1.165, 1.54) is 37.8 Å². The average Bonchev–Trinajstić information content (AvgIpc) is 3.47. The number of aliphatic hydroxyl groups is 1. The molecule has 5 aliphatic heterocycles. The Morgan fingerprint density at radius 1 is 1.10 bits per heavy atom. The Balaban J connectivity index is 1.28. The highest BCUT2D eigenvalue weighted by atomic mass is 35.5. The van der Waals surface area contributed by atoms with E-state index in [0.717, 1.165) is 16.0 Å². The van der Waals surface area contributed by atoms with Gasteiger partial charge in [0.05, 0.1) is 44.3 Å². The van der Waals surface area contributed by atoms with Crippen LogP contribution >= 0.6 is 23.4 Å². The predicted molar refractivity (Wildman–Crippen MR) is 226 cm³/mol. The fourth-order valence-corrected chi connectivity index (χ4v) is 9.42. The van der Waals surface area contributed by atoms with Crippen LogP contribution in [0.1, 0.15) is 65.4 Å². The molecule has 5 amide bonds. The van der Waals surface area contributed by atoms with Crippen LogP contribution in [0.5, 0.6) is 5.75 Å². The summed E-state index contributed by atoms with van der Waals surface area (Å²) in [5.74, 6) is -1.78. The first kappa shape index (κ1) is 48.8. The molecule has 0 radical (unpaired) electrons. The van der Waals surface area contributed by atoms with Gasteiger partial charge in [0, 0.05) is 52.1 Å². The molecule has 0 aromatic heterocycles. The van der Waals surface area contributed by atoms with Crippen molar-refractivity contribution in [2.24, 2.45) is 5.73 Å². The van der Waals surface area contributed by atoms with E-state index < -0.39 is 70.5 Å². The first-order valence-electron chi connectivity index (χ1n) is 20.3. The molecule has 1 unspecified atom stereocenters. The number of amides is 5. The molecule has 1 aromatic rings. The molecule has 0 saturated carbocycles. The number of halogens is 1. The van der Waals surface area contributed by atoms with Gasteiger partial charge >= 0.3 is 12.1 Å². The average molecular weight is 909 g/mol. The van der Waals surface area contributed by atoms with Crippen LogP contribution in [-0.2, 0) is 58.8 Å². The maximum Gasteiger partial charge on any atom is 0.409 e. The third-order valence-electron chi connectivity index (χ3n) is 11.4. The Hall–Kier alpha value is -4.24. The van der Waals surface area contributed by atoms with Gasteiger partial charge in [0.25, 0.3) is 0 Å². The van der Waals surface area contributed by atoms with Crippen molar-refractivity contribution in [2.75, 3.05) is 58.3 Å². The van der Waals surface area contributed by atoms with Gasteiger partial charge in [0.15, 0.2) is 11.8 Å². The molecule has 8 atom stereocenters. The van der Waals surface area contributed by atoms with Gasteiger partial charge in [0.1, 0.15) is 40.3 Å². The number of imide groups is 1. The molecule has 6 bridgehead atoms. The van der Waals surface area contributed by atoms with Crippen LogP contribution in [-0.4, -0.2) is 146 Å². The second kappa shape index (κ2) is 20.5. The SMILES string of the molecule is COc1cc2cc(c1Cl)N(C)C(=O)C[C@H](OC(=O)[C@H](C)OCCOCCSC1CC(=O)N(CCC(N)=O)C1=O)[C@@]1(C)C[C@@](C)(O1)[C@@H]1C[C@@](O)(NC(=O)O1)[C@H](OC)/C=C/C=C(\C)C2. The normalized spacial score (nSPS) is 31.0. The number of ether oxygens (including phenoxy) is 7. The molecule has 1 aromatic carbocycles. The van der Waals surface area contributed by atoms with E-state index in [9.17, 15) is 33.9 Å². The van der Waals surface area contributed by atoms with Crippen LogP contribution in [0.3, 0.4) is 0 Å². The van der Waals surface area contributed by atoms with Crippen molar-refractivity contribution in [3.05, 3.63) is 46.5 Å². The number of rotatable bonds is 15. The second-order valence-corrected chi connectivity index (χ2v) is 18.0. The third-order valence-corrected chi connectivity index (χ3v) is 12.9. The van der Waals surface area contributed by atoms with Crippen molar-refractivity contribution < 1.29 is 67.0 Å². The molecule has 5 aliphatic rings. The van der Waals surface area contributed by atoms with Gasteiger partial charge in [-0.25, -0.2) is 9.59 Å². The van der Waals surface area contributed by atoms with Gasteiger partial charge < -0.3 is 48.9 Å². The predicted octanol–water partition coefficient (Wildman–Crippen LogP) is 2.97. The fourth-order valence-electron chi connectivity index (χ4n) is 8.08. The van der Waals surface area contributed by atoms with Crippen molar-refractivity contribution in [1.29, 1.82) is 0 Å². The Labute approximate surface area is 370 Å². The highest BCUT2D eigenvalue weighted by Gasteiger charge is 2.63. The summed E-state index contributed by atoms with van der Waals surface area (Å²) < 4.78 is 40.8. The summed E-state index contributed by atoms with van der Waals surface area (Å²) in [6, 6.07) is 3.56. The number of fused-ring (bicyclic) bond motifs is 6. The number of alkyl carbamates (subject to hydrolysis) is 1. The quantitative estimate of drug-likeness (QED) is 0.131. The molecule has 3 fully saturated rings. The Kier molecular flexibility index (Phi) is 16.1. The van der Waals surface area contributed by atoms with Crippen LogP contribution in [0.25, 0.3) is 0 Å². The molecular weight excluding hydrogens is 852 g/mol. The fraction of sp³-hybridized carbons (Fsp3) is 0.619. The molecule has 6 rings (SSSR count). The Morgan fingerprint density at radius 3 is 2.50 bits per heavy atom. The van der Waals surface area contributed by atoms with E-state index in [-0.39, 0.29) is 75.3 Å². The number of nitrogens with one attached hydrogen (secondary N) is 1. The van der Waals surface area contributed by atoms with Gasteiger partial charge in [-0.1, -0.05) is 35.4 Å². The lowest BCUT2D eigenvalue weighted by atomic mass is 9.72. The molecule has 342 valence electrons. The van der Waals surface area contributed by atoms with E-state index in [0.29, 0.717) is 23.6 Å². The lowest BCUT2D eigenvalue weighted by Gasteiger charge is -2.59. The molecule has 20 heteroatoms. The minimum absolute atomic E-state index is 0.00777. The number of nitrogens with zero attached hydrogens (tertiary/aromatic N) is 2. The number of anilines is 1. The molecule has 18 nitrogen and oxygen atoms in total. The minimum atomic E-state index is -1.88. The topological polar surface area (TPSA) is 232 Å². The van der Waals surface area contributed by atoms with Crippen LogP contribution in [0.4, 0.5) is 10.5 Å². The number of esters is 1. The van der Waals surface area contributed by atoms with Crippen LogP contribution in [0.15, 0.2) is 35.9 Å². The monoisotopic (exact) mass is 908 g/mol. The summed E-state index contributed by atoms with van der Waals surface area (Å²) in [4.78, 5) is 79.0. The number of hydrogen-bond acceptors (Lipinski definition) is 15. The van der Waals surface area contributed by atoms with Crippen LogP contribution in [0.2, 0.25) is 5.02 Å². The number of nitrogens with two attached hydrogens (primary N) is 1. The largest absolute Gasteiger partial charge is 0.495 e. The highest BCUT2D eigenvalue weighted by Crippen LogP contribution is 2.50. The van der Waals surface area contributed by atoms with E-state index >= 15 is 0 Å². The molecule has 0 aliphatic carbocycles. The van der Waals surface area contributed by atoms with Gasteiger partial charge in [-0.15, -0.1) is 11.8 Å². The van der Waals surface area contributed by atoms with Crippen molar-refractivity contribution in [1.82, 2.24) is 10.2 Å². The van der Waals surface area contributed by atoms with Gasteiger partial charge in [-0.05, 0) is 51.8 Å². The Bertz CT molecular complexity index is 1940. The summed E-state index contributed by atoms with van der Waals surface area (Å²) >= 11 is 8.04. The standard InChI is InChI=1S/C42H57ClN4O14S/c1-24-9-8-10-30(56-7)42(54)22-32(60-39(53)45-42)41(4)23-40(3,61-41)31(21-34(49)46(5)27-18-26(17-24)19-28(55-6)36(27)43)59-38(52)25(2)58-14-13-57-15-16-62-29-20-35(50)47(37(29)51)12-11-33(44)48/h8-10,18-19,25,29-32,54H,11-17,20-23H2,1-7H3,(H2,44,48)(H,45,53)/b10-8+,24-9+/t25-,29?,30+,31-,32-,40+,41+,42-/m0/s1. The van der Waals surface area contributed by atoms with Crippen molar-refractivity contribution in [3.8, 4) is 5.75 Å². The number of methoxy groups -OCH3 is 2. The molecule has 4 N–H and O–H groups in total. The lowest BCUT2D eigenvalue weighted by Crippen LogP contribution is -2.72. The zero-order valence-corrected chi connectivity index (χ0v) is 37.6. The zero-order chi connectivity index (χ0) is 45.6. The first-order valence-corrected chi connectivity index (χ1v) is 21.7. The van der Waals surface area contributed by atoms with Crippen molar-refractivity contribution >= 4 is 64.7 Å². The molecule has 62 heavy (non-hydrogen) atoms. The van der Waals surface area contributed by atoms with Gasteiger partial charge in [0.2, 0.25) is 23.6 Å². The van der Waals surface area contributed by atoms with Crippen molar-refractivity contribution in [2.45, 2.75) is 113 Å². The number of thioether (sulfide) groups is 1. The second-order valence-electron chi connectivity index (χ2n) is 16.3. The maximum atomic E-state index is 14.2. The zero-order valence-electron chi connectivity index (χ0n) is 36.1. The van der Waals surface area contributed by atoms with E-state index in [4.69, 9.17) is 50.5 Å². The van der Waals surface area contributed by atoms with E-state index in [1.54, 1.807) is 45.2 Å². The van der Waals surface area contributed by atoms with Crippen LogP contribution in [0, 0.1) is 0 Å². The summed E-state index contributed by atoms with van der Waals surface area (Å²) in [7, 11) is 4.45. The number of carbonyl (C=O) groups excluding carboxylic acids is 6. The maximum absolute atomic E-state index is 14.2. The number of primary amides is 1. The summed E-state index contributed by atoms with van der Waals surface area (Å²) in [5, 5.41) is 13.9. The number of hydrogen-bond donors (Lipinski definition) is 3. The summed E-state index contributed by atoms with van der Waals surface area (Å²) in [6.45, 7) is 7.12. The minimum Gasteiger partial charge on any atom is -0.495 e. The first-order chi connectivity index (χ1) is 29.2. The summed E-state index contributed by atoms with van der Waals surface area (Å²) in [6.07, 6.45) is 0.193. The van der Waals surface area contributed by atoms with Gasteiger partial charge in [-0.3, -0.25) is 29.4 Å². The number of carbonyl (C=O) groups is 6. The third kappa shape index (κ3) is 11.5. The van der Waals surface area contributed by atoms with E-state index in [1.807, 2.05) is 13.0 Å². The molecular formula is C42H57ClN4O14S.